The third-order valence-corrected chi connectivity index (χ3v) is 6.24. The lowest BCUT2D eigenvalue weighted by molar-refractivity contribution is 0.0582. The van der Waals surface area contributed by atoms with Gasteiger partial charge >= 0.3 is 0 Å². The zero-order chi connectivity index (χ0) is 15.5. The highest BCUT2D eigenvalue weighted by molar-refractivity contribution is 8.00. The second-order valence-corrected chi connectivity index (χ2v) is 8.16. The molecule has 0 saturated carbocycles. The van der Waals surface area contributed by atoms with Gasteiger partial charge in [0.2, 0.25) is 0 Å². The van der Waals surface area contributed by atoms with Crippen molar-refractivity contribution in [3.63, 3.8) is 0 Å². The summed E-state index contributed by atoms with van der Waals surface area (Å²) in [6, 6.07) is 11.1. The van der Waals surface area contributed by atoms with Crippen LogP contribution in [0, 0.1) is 3.95 Å². The van der Waals surface area contributed by atoms with Crippen molar-refractivity contribution in [1.82, 2.24) is 19.6 Å². The van der Waals surface area contributed by atoms with Crippen LogP contribution in [0.1, 0.15) is 11.6 Å². The van der Waals surface area contributed by atoms with Gasteiger partial charge in [0, 0.05) is 25.7 Å². The Bertz CT molecular complexity index is 667. The molecule has 1 atom stereocenters. The first-order valence-electron chi connectivity index (χ1n) is 7.27. The number of hydrogen-bond acceptors (Lipinski definition) is 6. The molecule has 0 aliphatic carbocycles. The number of thioether (sulfide) groups is 1. The third kappa shape index (κ3) is 3.60. The number of likely N-dealkylation sites (N-methyl/N-ethyl adjacent to an activating group) is 1. The van der Waals surface area contributed by atoms with Gasteiger partial charge < -0.3 is 4.90 Å². The van der Waals surface area contributed by atoms with Crippen molar-refractivity contribution in [1.29, 1.82) is 0 Å². The topological polar surface area (TPSA) is 24.3 Å². The van der Waals surface area contributed by atoms with E-state index in [1.807, 2.05) is 10.9 Å². The molecule has 2 aromatic rings. The number of piperazine rings is 1. The molecule has 0 bridgehead atoms. The Balaban J connectivity index is 1.83. The Labute approximate surface area is 144 Å². The first-order valence-corrected chi connectivity index (χ1v) is 9.72. The highest BCUT2D eigenvalue weighted by Crippen LogP contribution is 2.26. The highest BCUT2D eigenvalue weighted by atomic mass is 32.2. The van der Waals surface area contributed by atoms with E-state index in [-0.39, 0.29) is 0 Å². The van der Waals surface area contributed by atoms with Gasteiger partial charge in [-0.25, -0.2) is 4.68 Å². The molecule has 118 valence electrons. The molecule has 0 spiro atoms. The van der Waals surface area contributed by atoms with Gasteiger partial charge in [0.25, 0.3) is 0 Å². The van der Waals surface area contributed by atoms with Crippen LogP contribution in [0.25, 0.3) is 0 Å². The molecule has 0 amide bonds. The van der Waals surface area contributed by atoms with Crippen molar-refractivity contribution in [3.05, 3.63) is 39.8 Å². The Morgan fingerprint density at radius 1 is 1.32 bits per heavy atom. The van der Waals surface area contributed by atoms with Gasteiger partial charge in [0.1, 0.15) is 0 Å². The molecule has 1 aliphatic heterocycles. The maximum Gasteiger partial charge on any atom is 0.181 e. The summed E-state index contributed by atoms with van der Waals surface area (Å²) in [5.41, 5.74) is 1.36. The first kappa shape index (κ1) is 16.1. The molecular weight excluding hydrogens is 332 g/mol. The summed E-state index contributed by atoms with van der Waals surface area (Å²) in [5, 5.41) is 4.61. The average molecular weight is 353 g/mol. The number of benzene rings is 1. The molecule has 0 unspecified atom stereocenters. The van der Waals surface area contributed by atoms with Crippen LogP contribution >= 0.6 is 35.3 Å². The molecule has 1 aromatic carbocycles. The molecule has 2 heterocycles. The molecule has 4 nitrogen and oxygen atoms in total. The molecule has 1 saturated heterocycles. The third-order valence-electron chi connectivity index (χ3n) is 3.96. The van der Waals surface area contributed by atoms with Crippen LogP contribution < -0.4 is 0 Å². The van der Waals surface area contributed by atoms with Gasteiger partial charge in [-0.1, -0.05) is 53.4 Å². The predicted molar refractivity (Wildman–Crippen MR) is 96.1 cm³/mol. The first-order chi connectivity index (χ1) is 10.7. The van der Waals surface area contributed by atoms with Gasteiger partial charge in [0.05, 0.1) is 6.67 Å². The fourth-order valence-electron chi connectivity index (χ4n) is 2.75. The minimum atomic E-state index is 0.390. The lowest BCUT2D eigenvalue weighted by atomic mass is 10.0. The zero-order valence-electron chi connectivity index (χ0n) is 12.8. The lowest BCUT2D eigenvalue weighted by Crippen LogP contribution is -2.47. The summed E-state index contributed by atoms with van der Waals surface area (Å²) in [6.07, 6.45) is 2.04. The van der Waals surface area contributed by atoms with E-state index in [1.54, 1.807) is 23.1 Å². The van der Waals surface area contributed by atoms with E-state index in [0.717, 1.165) is 34.6 Å². The largest absolute Gasteiger partial charge is 0.303 e. The Morgan fingerprint density at radius 2 is 2.09 bits per heavy atom. The highest BCUT2D eigenvalue weighted by Gasteiger charge is 2.27. The van der Waals surface area contributed by atoms with E-state index in [2.05, 4.69) is 52.3 Å². The zero-order valence-corrected chi connectivity index (χ0v) is 15.3. The summed E-state index contributed by atoms with van der Waals surface area (Å²) in [4.78, 5) is 4.87. The maximum atomic E-state index is 5.45. The van der Waals surface area contributed by atoms with Crippen LogP contribution in [0.5, 0.6) is 0 Å². The molecule has 0 N–H and O–H groups in total. The smallest absolute Gasteiger partial charge is 0.181 e. The van der Waals surface area contributed by atoms with Crippen LogP contribution in [0.2, 0.25) is 0 Å². The SMILES string of the molecule is CSc1nn(CN2CCN(C)C[C@@H]2c2ccccc2)c(=S)s1. The Morgan fingerprint density at radius 3 is 2.77 bits per heavy atom. The number of hydrogen-bond donors (Lipinski definition) is 0. The molecule has 7 heteroatoms. The van der Waals surface area contributed by atoms with Gasteiger partial charge in [-0.3, -0.25) is 4.90 Å². The molecule has 0 radical (unpaired) electrons. The number of aromatic nitrogens is 2. The molecule has 1 aromatic heterocycles. The van der Waals surface area contributed by atoms with E-state index in [1.165, 1.54) is 5.56 Å². The van der Waals surface area contributed by atoms with Gasteiger partial charge in [-0.2, -0.15) is 5.10 Å². The summed E-state index contributed by atoms with van der Waals surface area (Å²) < 4.78 is 3.86. The maximum absolute atomic E-state index is 5.45. The Kier molecular flexibility index (Phi) is 5.30. The predicted octanol–water partition coefficient (Wildman–Crippen LogP) is 3.34. The van der Waals surface area contributed by atoms with Crippen molar-refractivity contribution in [2.75, 3.05) is 32.9 Å². The van der Waals surface area contributed by atoms with Crippen LogP contribution in [-0.2, 0) is 6.67 Å². The lowest BCUT2D eigenvalue weighted by Gasteiger charge is -2.40. The Hall–Kier alpha value is -0.730. The van der Waals surface area contributed by atoms with E-state index in [4.69, 9.17) is 12.2 Å². The fourth-order valence-corrected chi connectivity index (χ4v) is 4.49. The van der Waals surface area contributed by atoms with Crippen molar-refractivity contribution < 1.29 is 0 Å². The van der Waals surface area contributed by atoms with Gasteiger partial charge in [-0.15, -0.1) is 0 Å². The monoisotopic (exact) mass is 352 g/mol. The molecule has 1 fully saturated rings. The van der Waals surface area contributed by atoms with Crippen molar-refractivity contribution >= 4 is 35.3 Å². The van der Waals surface area contributed by atoms with Crippen molar-refractivity contribution in [3.8, 4) is 0 Å². The van der Waals surface area contributed by atoms with Gasteiger partial charge in [-0.05, 0) is 31.1 Å². The van der Waals surface area contributed by atoms with Crippen LogP contribution in [0.3, 0.4) is 0 Å². The quantitative estimate of drug-likeness (QED) is 0.621. The van der Waals surface area contributed by atoms with Crippen LogP contribution in [0.15, 0.2) is 34.7 Å². The standard InChI is InChI=1S/C15H20N4S3/c1-17-8-9-18(11-19-15(20)22-14(16-19)21-2)13(10-17)12-6-4-3-5-7-12/h3-7,13H,8-11H2,1-2H3/t13-/m1/s1. The minimum absolute atomic E-state index is 0.390. The van der Waals surface area contributed by atoms with Gasteiger partial charge in [0.15, 0.2) is 8.29 Å². The summed E-state index contributed by atoms with van der Waals surface area (Å²) in [6.45, 7) is 3.92. The minimum Gasteiger partial charge on any atom is -0.303 e. The normalized spacial score (nSPS) is 20.4. The summed E-state index contributed by atoms with van der Waals surface area (Å²) >= 11 is 8.70. The summed E-state index contributed by atoms with van der Waals surface area (Å²) in [5.74, 6) is 0. The van der Waals surface area contributed by atoms with E-state index >= 15 is 0 Å². The molecule has 22 heavy (non-hydrogen) atoms. The summed E-state index contributed by atoms with van der Waals surface area (Å²) in [7, 11) is 2.19. The average Bonchev–Trinajstić information content (AvgIpc) is 2.90. The fraction of sp³-hybridized carbons (Fsp3) is 0.467. The van der Waals surface area contributed by atoms with E-state index < -0.39 is 0 Å². The molecule has 3 rings (SSSR count). The molecule has 1 aliphatic rings. The van der Waals surface area contributed by atoms with E-state index in [0.29, 0.717) is 6.04 Å². The van der Waals surface area contributed by atoms with Crippen molar-refractivity contribution in [2.45, 2.75) is 17.1 Å². The van der Waals surface area contributed by atoms with E-state index in [9.17, 15) is 0 Å². The van der Waals surface area contributed by atoms with Crippen LogP contribution in [0.4, 0.5) is 0 Å². The number of rotatable bonds is 4. The second kappa shape index (κ2) is 7.23. The van der Waals surface area contributed by atoms with Crippen LogP contribution in [-0.4, -0.2) is 52.5 Å². The molecular formula is C15H20N4S3. The van der Waals surface area contributed by atoms with Crippen molar-refractivity contribution in [2.24, 2.45) is 0 Å². The second-order valence-electron chi connectivity index (χ2n) is 5.48. The number of nitrogens with zero attached hydrogens (tertiary/aromatic N) is 4.